The third-order valence-electron chi connectivity index (χ3n) is 5.81. The second-order valence-electron chi connectivity index (χ2n) is 8.31. The van der Waals surface area contributed by atoms with Crippen molar-refractivity contribution in [1.29, 1.82) is 0 Å². The molecular weight excluding hydrogens is 444 g/mol. The molecule has 5 rings (SSSR count). The molecule has 1 saturated heterocycles. The smallest absolute Gasteiger partial charge is 0.186 e. The minimum atomic E-state index is 0.607. The van der Waals surface area contributed by atoms with Crippen LogP contribution in [0.1, 0.15) is 19.4 Å². The zero-order valence-electron chi connectivity index (χ0n) is 17.9. The Kier molecular flexibility index (Phi) is 5.73. The average molecular weight is 469 g/mol. The van der Waals surface area contributed by atoms with Crippen LogP contribution in [0.3, 0.4) is 0 Å². The van der Waals surface area contributed by atoms with Crippen molar-refractivity contribution in [3.05, 3.63) is 53.2 Å². The number of rotatable bonds is 4. The van der Waals surface area contributed by atoms with E-state index in [9.17, 15) is 0 Å². The van der Waals surface area contributed by atoms with Gasteiger partial charge in [-0.05, 0) is 56.2 Å². The van der Waals surface area contributed by atoms with Crippen LogP contribution in [0.15, 0.2) is 42.6 Å². The third kappa shape index (κ3) is 4.22. The Morgan fingerprint density at radius 2 is 1.74 bits per heavy atom. The lowest BCUT2D eigenvalue weighted by molar-refractivity contribution is 0.209. The molecule has 1 aliphatic rings. The average Bonchev–Trinajstić information content (AvgIpc) is 3.41. The van der Waals surface area contributed by atoms with Gasteiger partial charge in [-0.1, -0.05) is 35.1 Å². The zero-order chi connectivity index (χ0) is 21.5. The first-order valence-corrected chi connectivity index (χ1v) is 12.6. The Labute approximate surface area is 196 Å². The van der Waals surface area contributed by atoms with E-state index in [-0.39, 0.29) is 0 Å². The minimum Gasteiger partial charge on any atom is -0.346 e. The first kappa shape index (κ1) is 20.9. The molecule has 1 aliphatic heterocycles. The van der Waals surface area contributed by atoms with Crippen LogP contribution in [-0.2, 0) is 0 Å². The van der Waals surface area contributed by atoms with Gasteiger partial charge >= 0.3 is 0 Å². The number of halogens is 1. The van der Waals surface area contributed by atoms with Crippen LogP contribution < -0.4 is 4.90 Å². The fourth-order valence-electron chi connectivity index (χ4n) is 4.06. The van der Waals surface area contributed by atoms with E-state index >= 15 is 0 Å². The SMILES string of the molecule is Cc1cc(-c2ccc(Cl)cc2)c2sc(-c3cnc(N4CCN(C(C)C)CC4)s3)nc2c1. The van der Waals surface area contributed by atoms with Crippen molar-refractivity contribution in [2.24, 2.45) is 0 Å². The van der Waals surface area contributed by atoms with Crippen molar-refractivity contribution in [3.8, 4) is 21.0 Å². The summed E-state index contributed by atoms with van der Waals surface area (Å²) in [5.74, 6) is 0. The molecule has 0 unspecified atom stereocenters. The highest BCUT2D eigenvalue weighted by Crippen LogP contribution is 2.40. The Balaban J connectivity index is 1.45. The number of fused-ring (bicyclic) bond motifs is 1. The van der Waals surface area contributed by atoms with Gasteiger partial charge in [-0.25, -0.2) is 9.97 Å². The van der Waals surface area contributed by atoms with E-state index in [1.807, 2.05) is 18.3 Å². The number of aromatic nitrogens is 2. The van der Waals surface area contributed by atoms with Gasteiger partial charge in [0, 0.05) is 42.8 Å². The molecule has 4 aromatic rings. The minimum absolute atomic E-state index is 0.607. The topological polar surface area (TPSA) is 32.3 Å². The quantitative estimate of drug-likeness (QED) is 0.338. The standard InChI is InChI=1S/C24H25ClN4S2/c1-15(2)28-8-10-29(11-9-28)24-26-14-21(30-24)23-27-20-13-16(3)12-19(22(20)31-23)17-4-6-18(25)7-5-17/h4-7,12-15H,8-11H2,1-3H3. The van der Waals surface area contributed by atoms with Crippen LogP contribution in [0.25, 0.3) is 31.2 Å². The predicted molar refractivity (Wildman–Crippen MR) is 135 cm³/mol. The van der Waals surface area contributed by atoms with Crippen molar-refractivity contribution in [2.45, 2.75) is 26.8 Å². The molecule has 0 N–H and O–H groups in total. The number of thiazole rings is 2. The maximum Gasteiger partial charge on any atom is 0.186 e. The van der Waals surface area contributed by atoms with Gasteiger partial charge in [-0.15, -0.1) is 11.3 Å². The van der Waals surface area contributed by atoms with Crippen LogP contribution in [0.5, 0.6) is 0 Å². The molecule has 7 heteroatoms. The molecule has 1 fully saturated rings. The summed E-state index contributed by atoms with van der Waals surface area (Å²) < 4.78 is 1.21. The fraction of sp³-hybridized carbons (Fsp3) is 0.333. The lowest BCUT2D eigenvalue weighted by atomic mass is 10.0. The van der Waals surface area contributed by atoms with Gasteiger partial charge in [-0.3, -0.25) is 4.90 Å². The molecule has 4 nitrogen and oxygen atoms in total. The van der Waals surface area contributed by atoms with E-state index in [4.69, 9.17) is 21.6 Å². The summed E-state index contributed by atoms with van der Waals surface area (Å²) in [6.07, 6.45) is 1.99. The highest BCUT2D eigenvalue weighted by Gasteiger charge is 2.22. The van der Waals surface area contributed by atoms with Gasteiger partial charge in [0.05, 0.1) is 21.3 Å². The van der Waals surface area contributed by atoms with Crippen LogP contribution in [0, 0.1) is 6.92 Å². The molecule has 2 aromatic heterocycles. The Morgan fingerprint density at radius 1 is 1.00 bits per heavy atom. The molecular formula is C24H25ClN4S2. The molecule has 0 spiro atoms. The summed E-state index contributed by atoms with van der Waals surface area (Å²) in [4.78, 5) is 15.8. The van der Waals surface area contributed by atoms with Crippen LogP contribution in [0.2, 0.25) is 5.02 Å². The molecule has 0 atom stereocenters. The monoisotopic (exact) mass is 468 g/mol. The predicted octanol–water partition coefficient (Wildman–Crippen LogP) is 6.58. The van der Waals surface area contributed by atoms with Gasteiger partial charge in [0.1, 0.15) is 5.01 Å². The first-order chi connectivity index (χ1) is 15.0. The summed E-state index contributed by atoms with van der Waals surface area (Å²) in [5, 5.41) is 2.90. The highest BCUT2D eigenvalue weighted by molar-refractivity contribution is 7.27. The second kappa shape index (κ2) is 8.51. The van der Waals surface area contributed by atoms with Crippen LogP contribution >= 0.6 is 34.3 Å². The summed E-state index contributed by atoms with van der Waals surface area (Å²) >= 11 is 9.60. The Morgan fingerprint density at radius 3 is 2.45 bits per heavy atom. The van der Waals surface area contributed by atoms with Crippen LogP contribution in [-0.4, -0.2) is 47.1 Å². The molecule has 0 saturated carbocycles. The molecule has 0 bridgehead atoms. The summed E-state index contributed by atoms with van der Waals surface area (Å²) in [6, 6.07) is 13.1. The Hall–Kier alpha value is -1.99. The maximum atomic E-state index is 6.10. The highest BCUT2D eigenvalue weighted by atomic mass is 35.5. The van der Waals surface area contributed by atoms with Crippen molar-refractivity contribution in [2.75, 3.05) is 31.1 Å². The molecule has 0 radical (unpaired) electrons. The lowest BCUT2D eigenvalue weighted by Gasteiger charge is -2.36. The van der Waals surface area contributed by atoms with Gasteiger partial charge < -0.3 is 4.90 Å². The molecule has 2 aromatic carbocycles. The Bertz CT molecular complexity index is 1200. The first-order valence-electron chi connectivity index (χ1n) is 10.6. The summed E-state index contributed by atoms with van der Waals surface area (Å²) in [7, 11) is 0. The largest absolute Gasteiger partial charge is 0.346 e. The number of hydrogen-bond donors (Lipinski definition) is 0. The van der Waals surface area contributed by atoms with E-state index in [1.54, 1.807) is 22.7 Å². The summed E-state index contributed by atoms with van der Waals surface area (Å²) in [6.45, 7) is 10.9. The van der Waals surface area contributed by atoms with E-state index in [1.165, 1.54) is 21.4 Å². The van der Waals surface area contributed by atoms with Gasteiger partial charge in [0.2, 0.25) is 0 Å². The van der Waals surface area contributed by atoms with E-state index in [0.29, 0.717) is 6.04 Å². The van der Waals surface area contributed by atoms with Crippen molar-refractivity contribution >= 4 is 49.6 Å². The number of anilines is 1. The molecule has 0 amide bonds. The fourth-order valence-corrected chi connectivity index (χ4v) is 6.28. The number of benzene rings is 2. The number of nitrogens with zero attached hydrogens (tertiary/aromatic N) is 4. The lowest BCUT2D eigenvalue weighted by Crippen LogP contribution is -2.48. The van der Waals surface area contributed by atoms with Crippen molar-refractivity contribution < 1.29 is 0 Å². The molecule has 3 heterocycles. The third-order valence-corrected chi connectivity index (χ3v) is 8.39. The number of hydrogen-bond acceptors (Lipinski definition) is 6. The number of piperazine rings is 1. The van der Waals surface area contributed by atoms with Crippen molar-refractivity contribution in [3.63, 3.8) is 0 Å². The van der Waals surface area contributed by atoms with Crippen molar-refractivity contribution in [1.82, 2.24) is 14.9 Å². The van der Waals surface area contributed by atoms with E-state index in [0.717, 1.165) is 51.7 Å². The van der Waals surface area contributed by atoms with E-state index < -0.39 is 0 Å². The number of aryl methyl sites for hydroxylation is 1. The normalized spacial score (nSPS) is 15.3. The summed E-state index contributed by atoms with van der Waals surface area (Å²) in [5.41, 5.74) is 4.64. The van der Waals surface area contributed by atoms with Gasteiger partial charge in [0.15, 0.2) is 5.13 Å². The van der Waals surface area contributed by atoms with E-state index in [2.05, 4.69) is 54.8 Å². The molecule has 160 valence electrons. The zero-order valence-corrected chi connectivity index (χ0v) is 20.3. The molecule has 0 aliphatic carbocycles. The molecule has 31 heavy (non-hydrogen) atoms. The van der Waals surface area contributed by atoms with Crippen LogP contribution in [0.4, 0.5) is 5.13 Å². The van der Waals surface area contributed by atoms with Gasteiger partial charge in [0.25, 0.3) is 0 Å². The maximum absolute atomic E-state index is 6.10. The van der Waals surface area contributed by atoms with Gasteiger partial charge in [-0.2, -0.15) is 0 Å². The second-order valence-corrected chi connectivity index (χ2v) is 10.8.